The first-order valence-corrected chi connectivity index (χ1v) is 10.1. The minimum atomic E-state index is 0.223. The van der Waals surface area contributed by atoms with Crippen molar-refractivity contribution in [2.45, 2.75) is 45.6 Å². The highest BCUT2D eigenvalue weighted by Gasteiger charge is 2.25. The van der Waals surface area contributed by atoms with Crippen LogP contribution in [0.5, 0.6) is 11.5 Å². The summed E-state index contributed by atoms with van der Waals surface area (Å²) in [5, 5.41) is 6.76. The average Bonchev–Trinajstić information content (AvgIpc) is 3.19. The molecule has 7 heteroatoms. The van der Waals surface area contributed by atoms with E-state index in [0.717, 1.165) is 62.9 Å². The van der Waals surface area contributed by atoms with Crippen molar-refractivity contribution >= 4 is 11.9 Å². The highest BCUT2D eigenvalue weighted by Crippen LogP contribution is 2.27. The maximum atomic E-state index is 11.8. The van der Waals surface area contributed by atoms with Gasteiger partial charge in [0.15, 0.2) is 17.5 Å². The second kappa shape index (κ2) is 11.4. The van der Waals surface area contributed by atoms with Gasteiger partial charge in [0.05, 0.1) is 14.2 Å². The summed E-state index contributed by atoms with van der Waals surface area (Å²) in [6.45, 7) is 7.08. The van der Waals surface area contributed by atoms with E-state index in [-0.39, 0.29) is 11.9 Å². The molecule has 0 bridgehead atoms. The molecule has 2 rings (SSSR count). The van der Waals surface area contributed by atoms with Gasteiger partial charge < -0.3 is 25.0 Å². The lowest BCUT2D eigenvalue weighted by Crippen LogP contribution is -2.45. The van der Waals surface area contributed by atoms with Gasteiger partial charge in [-0.05, 0) is 43.9 Å². The van der Waals surface area contributed by atoms with E-state index in [2.05, 4.69) is 23.6 Å². The Balaban J connectivity index is 1.83. The van der Waals surface area contributed by atoms with Gasteiger partial charge >= 0.3 is 0 Å². The largest absolute Gasteiger partial charge is 0.493 e. The molecule has 28 heavy (non-hydrogen) atoms. The Morgan fingerprint density at radius 1 is 1.25 bits per heavy atom. The smallest absolute Gasteiger partial charge is 0.222 e. The van der Waals surface area contributed by atoms with Crippen LogP contribution in [0.2, 0.25) is 0 Å². The number of carbonyl (C=O) groups excluding carboxylic acids is 1. The second-order valence-corrected chi connectivity index (χ2v) is 6.88. The first-order valence-electron chi connectivity index (χ1n) is 10.1. The van der Waals surface area contributed by atoms with Gasteiger partial charge in [0.1, 0.15) is 0 Å². The third-order valence-corrected chi connectivity index (χ3v) is 4.87. The van der Waals surface area contributed by atoms with Crippen LogP contribution in [-0.2, 0) is 11.2 Å². The number of carbonyl (C=O) groups is 1. The summed E-state index contributed by atoms with van der Waals surface area (Å²) in [5.74, 6) is 2.55. The molecule has 0 aromatic heterocycles. The maximum absolute atomic E-state index is 11.8. The molecule has 156 valence electrons. The van der Waals surface area contributed by atoms with Crippen LogP contribution in [0.25, 0.3) is 0 Å². The van der Waals surface area contributed by atoms with Gasteiger partial charge in [-0.1, -0.05) is 13.0 Å². The molecule has 1 amide bonds. The zero-order valence-electron chi connectivity index (χ0n) is 17.6. The summed E-state index contributed by atoms with van der Waals surface area (Å²) in [4.78, 5) is 18.5. The van der Waals surface area contributed by atoms with Crippen LogP contribution in [0.15, 0.2) is 23.2 Å². The minimum Gasteiger partial charge on any atom is -0.493 e. The topological polar surface area (TPSA) is 75.2 Å². The maximum Gasteiger partial charge on any atom is 0.222 e. The fraction of sp³-hybridized carbons (Fsp3) is 0.619. The van der Waals surface area contributed by atoms with Crippen molar-refractivity contribution in [1.82, 2.24) is 15.5 Å². The van der Waals surface area contributed by atoms with Gasteiger partial charge in [-0.2, -0.15) is 0 Å². The number of likely N-dealkylation sites (tertiary alicyclic amines) is 1. The molecule has 0 aliphatic carbocycles. The van der Waals surface area contributed by atoms with E-state index >= 15 is 0 Å². The Bertz CT molecular complexity index is 663. The number of benzene rings is 1. The Morgan fingerprint density at radius 3 is 2.71 bits per heavy atom. The molecule has 2 N–H and O–H groups in total. The molecular weight excluding hydrogens is 356 g/mol. The molecule has 1 aliphatic heterocycles. The monoisotopic (exact) mass is 390 g/mol. The van der Waals surface area contributed by atoms with Gasteiger partial charge in [0.25, 0.3) is 0 Å². The van der Waals surface area contributed by atoms with E-state index in [1.54, 1.807) is 14.2 Å². The Hall–Kier alpha value is -2.44. The van der Waals surface area contributed by atoms with Crippen molar-refractivity contribution in [3.63, 3.8) is 0 Å². The molecule has 0 spiro atoms. The van der Waals surface area contributed by atoms with E-state index in [9.17, 15) is 4.79 Å². The van der Waals surface area contributed by atoms with Crippen LogP contribution < -0.4 is 20.1 Å². The number of hydrogen-bond acceptors (Lipinski definition) is 4. The van der Waals surface area contributed by atoms with Crippen LogP contribution in [0, 0.1) is 0 Å². The molecule has 1 aromatic rings. The third-order valence-electron chi connectivity index (χ3n) is 4.87. The molecule has 1 aromatic carbocycles. The molecule has 1 heterocycles. The normalized spacial score (nSPS) is 16.8. The first-order chi connectivity index (χ1) is 13.6. The number of aliphatic imine (C=N–C) groups is 1. The van der Waals surface area contributed by atoms with Gasteiger partial charge in [-0.25, -0.2) is 0 Å². The highest BCUT2D eigenvalue weighted by atomic mass is 16.5. The summed E-state index contributed by atoms with van der Waals surface area (Å²) >= 11 is 0. The SMILES string of the molecule is CCNC(=NCCCc1ccc(OC)c(OC)c1)NC1CCN(C(=O)CC)C1. The van der Waals surface area contributed by atoms with Crippen molar-refractivity contribution in [2.75, 3.05) is 40.4 Å². The Kier molecular flexibility index (Phi) is 8.91. The van der Waals surface area contributed by atoms with Crippen molar-refractivity contribution in [3.05, 3.63) is 23.8 Å². The van der Waals surface area contributed by atoms with Gasteiger partial charge in [-0.3, -0.25) is 9.79 Å². The number of guanidine groups is 1. The van der Waals surface area contributed by atoms with Crippen molar-refractivity contribution in [3.8, 4) is 11.5 Å². The molecule has 1 fully saturated rings. The summed E-state index contributed by atoms with van der Waals surface area (Å²) in [5.41, 5.74) is 1.20. The minimum absolute atomic E-state index is 0.223. The fourth-order valence-corrected chi connectivity index (χ4v) is 3.35. The lowest BCUT2D eigenvalue weighted by molar-refractivity contribution is -0.129. The van der Waals surface area contributed by atoms with E-state index in [0.29, 0.717) is 6.42 Å². The zero-order valence-corrected chi connectivity index (χ0v) is 17.6. The summed E-state index contributed by atoms with van der Waals surface area (Å²) in [6.07, 6.45) is 3.39. The number of amides is 1. The molecule has 0 saturated carbocycles. The number of ether oxygens (including phenoxy) is 2. The van der Waals surface area contributed by atoms with Crippen molar-refractivity contribution in [1.29, 1.82) is 0 Å². The third kappa shape index (κ3) is 6.32. The molecule has 7 nitrogen and oxygen atoms in total. The summed E-state index contributed by atoms with van der Waals surface area (Å²) < 4.78 is 10.6. The van der Waals surface area contributed by atoms with E-state index in [1.807, 2.05) is 24.0 Å². The number of nitrogens with zero attached hydrogens (tertiary/aromatic N) is 2. The second-order valence-electron chi connectivity index (χ2n) is 6.88. The average molecular weight is 391 g/mol. The van der Waals surface area contributed by atoms with Gasteiger partial charge in [0.2, 0.25) is 5.91 Å². The summed E-state index contributed by atoms with van der Waals surface area (Å²) in [7, 11) is 3.29. The molecule has 1 unspecified atom stereocenters. The standard InChI is InChI=1S/C21H34N4O3/c1-5-20(26)25-13-11-17(15-25)24-21(22-6-2)23-12-7-8-16-9-10-18(27-3)19(14-16)28-4/h9-10,14,17H,5-8,11-13,15H2,1-4H3,(H2,22,23,24). The van der Waals surface area contributed by atoms with Crippen LogP contribution in [0.4, 0.5) is 0 Å². The number of hydrogen-bond donors (Lipinski definition) is 2. The Labute approximate surface area is 168 Å². The quantitative estimate of drug-likeness (QED) is 0.384. The van der Waals surface area contributed by atoms with Crippen LogP contribution >= 0.6 is 0 Å². The fourth-order valence-electron chi connectivity index (χ4n) is 3.35. The first kappa shape index (κ1) is 21.9. The van der Waals surface area contributed by atoms with Crippen LogP contribution in [0.3, 0.4) is 0 Å². The number of nitrogens with one attached hydrogen (secondary N) is 2. The van der Waals surface area contributed by atoms with Crippen LogP contribution in [0.1, 0.15) is 38.7 Å². The van der Waals surface area contributed by atoms with Crippen molar-refractivity contribution in [2.24, 2.45) is 4.99 Å². The number of rotatable bonds is 9. The lowest BCUT2D eigenvalue weighted by atomic mass is 10.1. The van der Waals surface area contributed by atoms with Gasteiger partial charge in [-0.15, -0.1) is 0 Å². The van der Waals surface area contributed by atoms with Crippen LogP contribution in [-0.4, -0.2) is 63.2 Å². The lowest BCUT2D eigenvalue weighted by Gasteiger charge is -2.18. The molecule has 1 saturated heterocycles. The molecule has 1 atom stereocenters. The predicted octanol–water partition coefficient (Wildman–Crippen LogP) is 2.20. The predicted molar refractivity (Wildman–Crippen MR) is 112 cm³/mol. The highest BCUT2D eigenvalue weighted by molar-refractivity contribution is 5.80. The number of aryl methyl sites for hydroxylation is 1. The molecular formula is C21H34N4O3. The van der Waals surface area contributed by atoms with Gasteiger partial charge in [0, 0.05) is 38.6 Å². The molecule has 1 aliphatic rings. The van der Waals surface area contributed by atoms with Crippen molar-refractivity contribution < 1.29 is 14.3 Å². The molecule has 0 radical (unpaired) electrons. The van der Waals surface area contributed by atoms with E-state index in [1.165, 1.54) is 5.56 Å². The zero-order chi connectivity index (χ0) is 20.4. The Morgan fingerprint density at radius 2 is 2.04 bits per heavy atom. The number of methoxy groups -OCH3 is 2. The van der Waals surface area contributed by atoms with E-state index < -0.39 is 0 Å². The summed E-state index contributed by atoms with van der Waals surface area (Å²) in [6, 6.07) is 6.28. The van der Waals surface area contributed by atoms with E-state index in [4.69, 9.17) is 14.5 Å².